The van der Waals surface area contributed by atoms with Gasteiger partial charge in [-0.1, -0.05) is 13.3 Å². The van der Waals surface area contributed by atoms with Gasteiger partial charge in [0.05, 0.1) is 0 Å². The summed E-state index contributed by atoms with van der Waals surface area (Å²) >= 11 is 3.25. The Balaban J connectivity index is 2.25. The normalized spacial score (nSPS) is 25.4. The van der Waals surface area contributed by atoms with Gasteiger partial charge in [-0.15, -0.1) is 0 Å². The van der Waals surface area contributed by atoms with E-state index in [1.54, 1.807) is 12.3 Å². The molecule has 0 aromatic carbocycles. The van der Waals surface area contributed by atoms with Crippen LogP contribution in [0, 0.1) is 5.92 Å². The summed E-state index contributed by atoms with van der Waals surface area (Å²) in [5.74, 6) is 0.226. The maximum atomic E-state index is 12.5. The molecule has 1 saturated heterocycles. The Morgan fingerprint density at radius 2 is 2.26 bits per heavy atom. The van der Waals surface area contributed by atoms with E-state index in [2.05, 4.69) is 20.9 Å². The standard InChI is InChI=1S/C12H18BrN3O2S/c1-2-9-8-16(4-3-12(9)14)19(17,18)11-5-10(13)6-15-7-11/h5-7,9,12H,2-4,8,14H2,1H3. The third-order valence-electron chi connectivity index (χ3n) is 3.60. The summed E-state index contributed by atoms with van der Waals surface area (Å²) in [7, 11) is -3.47. The lowest BCUT2D eigenvalue weighted by atomic mass is 9.92. The number of nitrogens with two attached hydrogens (primary N) is 1. The molecule has 0 amide bonds. The van der Waals surface area contributed by atoms with Crippen molar-refractivity contribution >= 4 is 26.0 Å². The maximum absolute atomic E-state index is 12.5. The molecule has 2 N–H and O–H groups in total. The minimum absolute atomic E-state index is 0.0945. The first-order valence-corrected chi connectivity index (χ1v) is 8.54. The molecule has 1 aromatic rings. The largest absolute Gasteiger partial charge is 0.327 e. The summed E-state index contributed by atoms with van der Waals surface area (Å²) in [5, 5.41) is 0. The monoisotopic (exact) mass is 347 g/mol. The lowest BCUT2D eigenvalue weighted by Crippen LogP contribution is -2.48. The number of piperidine rings is 1. The van der Waals surface area contributed by atoms with Gasteiger partial charge in [0.2, 0.25) is 10.0 Å². The van der Waals surface area contributed by atoms with Gasteiger partial charge < -0.3 is 5.73 Å². The van der Waals surface area contributed by atoms with Gasteiger partial charge in [-0.2, -0.15) is 4.31 Å². The molecule has 2 rings (SSSR count). The van der Waals surface area contributed by atoms with Crippen LogP contribution < -0.4 is 5.73 Å². The zero-order valence-electron chi connectivity index (χ0n) is 10.8. The third kappa shape index (κ3) is 3.16. The fourth-order valence-corrected chi connectivity index (χ4v) is 4.37. The predicted octanol–water partition coefficient (Wildman–Crippen LogP) is 1.59. The van der Waals surface area contributed by atoms with Crippen molar-refractivity contribution in [1.82, 2.24) is 9.29 Å². The molecule has 1 fully saturated rings. The molecule has 2 heterocycles. The summed E-state index contributed by atoms with van der Waals surface area (Å²) in [6.07, 6.45) is 4.55. The Hall–Kier alpha value is -0.500. The van der Waals surface area contributed by atoms with Crippen LogP contribution in [0.15, 0.2) is 27.8 Å². The molecule has 2 atom stereocenters. The van der Waals surface area contributed by atoms with Crippen LogP contribution >= 0.6 is 15.9 Å². The number of sulfonamides is 1. The average molecular weight is 348 g/mol. The van der Waals surface area contributed by atoms with Crippen molar-refractivity contribution in [3.8, 4) is 0 Å². The summed E-state index contributed by atoms with van der Waals surface area (Å²) < 4.78 is 27.2. The minimum Gasteiger partial charge on any atom is -0.327 e. The quantitative estimate of drug-likeness (QED) is 0.900. The van der Waals surface area contributed by atoms with Crippen LogP contribution in [0.1, 0.15) is 19.8 Å². The molecule has 1 aromatic heterocycles. The van der Waals surface area contributed by atoms with Gasteiger partial charge in [-0.25, -0.2) is 8.42 Å². The molecule has 1 aliphatic rings. The molecular formula is C12H18BrN3O2S. The lowest BCUT2D eigenvalue weighted by Gasteiger charge is -2.35. The Morgan fingerprint density at radius 1 is 1.53 bits per heavy atom. The van der Waals surface area contributed by atoms with Gasteiger partial charge in [-0.3, -0.25) is 4.98 Å². The summed E-state index contributed by atoms with van der Waals surface area (Å²) in [4.78, 5) is 4.15. The fraction of sp³-hybridized carbons (Fsp3) is 0.583. The van der Waals surface area contributed by atoms with E-state index in [1.165, 1.54) is 10.5 Å². The highest BCUT2D eigenvalue weighted by Crippen LogP contribution is 2.25. The number of halogens is 1. The van der Waals surface area contributed by atoms with E-state index < -0.39 is 10.0 Å². The van der Waals surface area contributed by atoms with E-state index in [0.29, 0.717) is 24.0 Å². The molecule has 19 heavy (non-hydrogen) atoms. The van der Waals surface area contributed by atoms with Crippen LogP contribution in [0.2, 0.25) is 0 Å². The van der Waals surface area contributed by atoms with Gasteiger partial charge >= 0.3 is 0 Å². The first-order valence-electron chi connectivity index (χ1n) is 6.31. The Labute approximate surface area is 122 Å². The molecule has 0 spiro atoms. The highest BCUT2D eigenvalue weighted by Gasteiger charge is 2.33. The van der Waals surface area contributed by atoms with Gasteiger partial charge in [0.1, 0.15) is 4.90 Å². The highest BCUT2D eigenvalue weighted by atomic mass is 79.9. The molecule has 0 aliphatic carbocycles. The van der Waals surface area contributed by atoms with Gasteiger partial charge in [-0.05, 0) is 34.3 Å². The number of aromatic nitrogens is 1. The van der Waals surface area contributed by atoms with E-state index in [0.717, 1.165) is 6.42 Å². The number of nitrogens with zero attached hydrogens (tertiary/aromatic N) is 2. The SMILES string of the molecule is CCC1CN(S(=O)(=O)c2cncc(Br)c2)CCC1N. The van der Waals surface area contributed by atoms with E-state index in [4.69, 9.17) is 5.73 Å². The van der Waals surface area contributed by atoms with Crippen LogP contribution in [0.3, 0.4) is 0 Å². The fourth-order valence-electron chi connectivity index (χ4n) is 2.35. The first-order chi connectivity index (χ1) is 8.95. The van der Waals surface area contributed by atoms with Crippen LogP contribution in [-0.2, 0) is 10.0 Å². The topological polar surface area (TPSA) is 76.3 Å². The van der Waals surface area contributed by atoms with Crippen molar-refractivity contribution in [2.75, 3.05) is 13.1 Å². The van der Waals surface area contributed by atoms with Crippen LogP contribution in [0.4, 0.5) is 0 Å². The molecule has 0 radical (unpaired) electrons. The predicted molar refractivity (Wildman–Crippen MR) is 77.1 cm³/mol. The molecule has 0 bridgehead atoms. The average Bonchev–Trinajstić information content (AvgIpc) is 2.39. The van der Waals surface area contributed by atoms with E-state index in [9.17, 15) is 8.42 Å². The number of hydrogen-bond donors (Lipinski definition) is 1. The Kier molecular flexibility index (Phi) is 4.60. The zero-order valence-corrected chi connectivity index (χ0v) is 13.2. The van der Waals surface area contributed by atoms with Crippen molar-refractivity contribution < 1.29 is 8.42 Å². The second kappa shape index (κ2) is 5.87. The first kappa shape index (κ1) is 14.9. The van der Waals surface area contributed by atoms with E-state index in [1.807, 2.05) is 6.92 Å². The smallest absolute Gasteiger partial charge is 0.244 e. The molecular weight excluding hydrogens is 330 g/mol. The zero-order chi connectivity index (χ0) is 14.0. The number of pyridine rings is 1. The maximum Gasteiger partial charge on any atom is 0.244 e. The van der Waals surface area contributed by atoms with Crippen molar-refractivity contribution in [2.45, 2.75) is 30.7 Å². The van der Waals surface area contributed by atoms with Crippen molar-refractivity contribution in [3.63, 3.8) is 0 Å². The lowest BCUT2D eigenvalue weighted by molar-refractivity contribution is 0.230. The molecule has 106 valence electrons. The molecule has 5 nitrogen and oxygen atoms in total. The van der Waals surface area contributed by atoms with Gasteiger partial charge in [0.15, 0.2) is 0 Å². The van der Waals surface area contributed by atoms with Crippen LogP contribution in [0.5, 0.6) is 0 Å². The van der Waals surface area contributed by atoms with Crippen molar-refractivity contribution in [3.05, 3.63) is 22.9 Å². The van der Waals surface area contributed by atoms with Crippen LogP contribution in [-0.4, -0.2) is 36.8 Å². The second-order valence-electron chi connectivity index (χ2n) is 4.82. The van der Waals surface area contributed by atoms with E-state index >= 15 is 0 Å². The molecule has 7 heteroatoms. The van der Waals surface area contributed by atoms with Gasteiger partial charge in [0.25, 0.3) is 0 Å². The Morgan fingerprint density at radius 3 is 2.89 bits per heavy atom. The molecule has 1 aliphatic heterocycles. The number of hydrogen-bond acceptors (Lipinski definition) is 4. The summed E-state index contributed by atoms with van der Waals surface area (Å²) in [5.41, 5.74) is 6.02. The molecule has 0 saturated carbocycles. The van der Waals surface area contributed by atoms with Gasteiger partial charge in [0, 0.05) is 36.0 Å². The second-order valence-corrected chi connectivity index (χ2v) is 7.68. The van der Waals surface area contributed by atoms with Crippen molar-refractivity contribution in [2.24, 2.45) is 11.7 Å². The Bertz CT molecular complexity index is 550. The minimum atomic E-state index is -3.47. The number of rotatable bonds is 3. The summed E-state index contributed by atoms with van der Waals surface area (Å²) in [6.45, 7) is 3.01. The molecule has 2 unspecified atom stereocenters. The van der Waals surface area contributed by atoms with Crippen molar-refractivity contribution in [1.29, 1.82) is 0 Å². The third-order valence-corrected chi connectivity index (χ3v) is 5.86. The summed E-state index contributed by atoms with van der Waals surface area (Å²) in [6, 6.07) is 1.68. The van der Waals surface area contributed by atoms with Crippen LogP contribution in [0.25, 0.3) is 0 Å². The van der Waals surface area contributed by atoms with E-state index in [-0.39, 0.29) is 16.9 Å². The highest BCUT2D eigenvalue weighted by molar-refractivity contribution is 9.10.